The largest absolute Gasteiger partial charge is 0.466 e. The van der Waals surface area contributed by atoms with E-state index in [1.165, 1.54) is 12.8 Å². The maximum absolute atomic E-state index is 11.7. The van der Waals surface area contributed by atoms with Crippen LogP contribution in [-0.2, 0) is 9.53 Å². The zero-order valence-electron chi connectivity index (χ0n) is 11.8. The topological polar surface area (TPSA) is 29.5 Å². The van der Waals surface area contributed by atoms with Crippen molar-refractivity contribution in [2.24, 2.45) is 5.92 Å². The van der Waals surface area contributed by atoms with Crippen molar-refractivity contribution in [1.82, 2.24) is 4.90 Å². The van der Waals surface area contributed by atoms with Crippen LogP contribution in [0.3, 0.4) is 0 Å². The Kier molecular flexibility index (Phi) is 5.44. The van der Waals surface area contributed by atoms with E-state index < -0.39 is 0 Å². The number of rotatable bonds is 6. The van der Waals surface area contributed by atoms with Gasteiger partial charge in [0.2, 0.25) is 0 Å². The third-order valence-electron chi connectivity index (χ3n) is 3.55. The molecule has 1 atom stereocenters. The molecule has 17 heavy (non-hydrogen) atoms. The second-order valence-electron chi connectivity index (χ2n) is 5.77. The summed E-state index contributed by atoms with van der Waals surface area (Å²) in [5, 5.41) is 0. The van der Waals surface area contributed by atoms with Gasteiger partial charge in [-0.1, -0.05) is 13.8 Å². The van der Waals surface area contributed by atoms with Crippen molar-refractivity contribution >= 4 is 5.97 Å². The van der Waals surface area contributed by atoms with Crippen molar-refractivity contribution < 1.29 is 9.53 Å². The average molecular weight is 241 g/mol. The van der Waals surface area contributed by atoms with Gasteiger partial charge in [-0.2, -0.15) is 0 Å². The lowest BCUT2D eigenvalue weighted by atomic mass is 9.86. The Labute approximate surface area is 106 Å². The van der Waals surface area contributed by atoms with Crippen LogP contribution in [0.5, 0.6) is 0 Å². The predicted molar refractivity (Wildman–Crippen MR) is 69.9 cm³/mol. The van der Waals surface area contributed by atoms with Gasteiger partial charge in [-0.15, -0.1) is 0 Å². The molecular weight excluding hydrogens is 214 g/mol. The minimum absolute atomic E-state index is 0.0169. The van der Waals surface area contributed by atoms with E-state index in [1.54, 1.807) is 0 Å². The fraction of sp³-hybridized carbons (Fsp3) is 0.929. The number of esters is 1. The molecule has 1 fully saturated rings. The predicted octanol–water partition coefficient (Wildman–Crippen LogP) is 2.84. The number of likely N-dealkylation sites (tertiary alicyclic amines) is 1. The Morgan fingerprint density at radius 1 is 1.35 bits per heavy atom. The van der Waals surface area contributed by atoms with Gasteiger partial charge >= 0.3 is 5.97 Å². The molecule has 100 valence electrons. The fourth-order valence-corrected chi connectivity index (χ4v) is 2.97. The number of carbonyl (C=O) groups is 1. The van der Waals surface area contributed by atoms with E-state index in [2.05, 4.69) is 25.7 Å². The molecule has 3 nitrogen and oxygen atoms in total. The van der Waals surface area contributed by atoms with Crippen molar-refractivity contribution in [3.63, 3.8) is 0 Å². The van der Waals surface area contributed by atoms with Gasteiger partial charge in [-0.05, 0) is 52.1 Å². The maximum atomic E-state index is 11.7. The van der Waals surface area contributed by atoms with Crippen LogP contribution in [0.25, 0.3) is 0 Å². The van der Waals surface area contributed by atoms with Gasteiger partial charge in [0.1, 0.15) is 0 Å². The third kappa shape index (κ3) is 4.30. The van der Waals surface area contributed by atoms with Crippen LogP contribution in [0, 0.1) is 5.92 Å². The zero-order valence-corrected chi connectivity index (χ0v) is 11.8. The SMILES string of the molecule is CCOC(=O)CC(C)(CC(C)C)N1CCCC1. The van der Waals surface area contributed by atoms with Crippen LogP contribution < -0.4 is 0 Å². The summed E-state index contributed by atoms with van der Waals surface area (Å²) in [7, 11) is 0. The number of hydrogen-bond acceptors (Lipinski definition) is 3. The minimum atomic E-state index is -0.0532. The Balaban J connectivity index is 2.66. The van der Waals surface area contributed by atoms with Gasteiger partial charge in [0.25, 0.3) is 0 Å². The van der Waals surface area contributed by atoms with Gasteiger partial charge in [-0.25, -0.2) is 0 Å². The molecule has 1 aliphatic rings. The molecule has 0 saturated carbocycles. The molecule has 0 spiro atoms. The van der Waals surface area contributed by atoms with Crippen LogP contribution >= 0.6 is 0 Å². The Bertz CT molecular complexity index is 247. The number of hydrogen-bond donors (Lipinski definition) is 0. The van der Waals surface area contributed by atoms with Crippen LogP contribution in [0.4, 0.5) is 0 Å². The normalized spacial score (nSPS) is 20.5. The van der Waals surface area contributed by atoms with Crippen molar-refractivity contribution in [3.05, 3.63) is 0 Å². The molecule has 0 aromatic rings. The second-order valence-corrected chi connectivity index (χ2v) is 5.77. The highest BCUT2D eigenvalue weighted by molar-refractivity contribution is 5.70. The molecule has 1 rings (SSSR count). The minimum Gasteiger partial charge on any atom is -0.466 e. The lowest BCUT2D eigenvalue weighted by molar-refractivity contribution is -0.146. The molecule has 0 radical (unpaired) electrons. The van der Waals surface area contributed by atoms with E-state index >= 15 is 0 Å². The van der Waals surface area contributed by atoms with Crippen LogP contribution in [-0.4, -0.2) is 36.1 Å². The maximum Gasteiger partial charge on any atom is 0.307 e. The van der Waals surface area contributed by atoms with E-state index in [4.69, 9.17) is 4.74 Å². The van der Waals surface area contributed by atoms with Crippen molar-refractivity contribution in [2.75, 3.05) is 19.7 Å². The Morgan fingerprint density at radius 3 is 2.41 bits per heavy atom. The average Bonchev–Trinajstić information content (AvgIpc) is 2.68. The highest BCUT2D eigenvalue weighted by atomic mass is 16.5. The number of carbonyl (C=O) groups excluding carboxylic acids is 1. The molecule has 1 aliphatic heterocycles. The van der Waals surface area contributed by atoms with Gasteiger partial charge in [0.05, 0.1) is 13.0 Å². The standard InChI is InChI=1S/C14H27NO2/c1-5-17-13(16)11-14(4,10-12(2)3)15-8-6-7-9-15/h12H,5-11H2,1-4H3. The Hall–Kier alpha value is -0.570. The molecule has 0 N–H and O–H groups in total. The third-order valence-corrected chi connectivity index (χ3v) is 3.55. The van der Waals surface area contributed by atoms with E-state index in [1.807, 2.05) is 6.92 Å². The summed E-state index contributed by atoms with van der Waals surface area (Å²) in [5.74, 6) is 0.553. The molecular formula is C14H27NO2. The van der Waals surface area contributed by atoms with E-state index in [9.17, 15) is 4.79 Å². The zero-order chi connectivity index (χ0) is 12.9. The number of ether oxygens (including phenoxy) is 1. The summed E-state index contributed by atoms with van der Waals surface area (Å²) in [6.45, 7) is 11.3. The molecule has 0 bridgehead atoms. The Morgan fingerprint density at radius 2 is 1.94 bits per heavy atom. The highest BCUT2D eigenvalue weighted by Gasteiger charge is 2.36. The molecule has 1 saturated heterocycles. The van der Waals surface area contributed by atoms with Crippen molar-refractivity contribution in [2.45, 2.75) is 58.9 Å². The number of nitrogens with zero attached hydrogens (tertiary/aromatic N) is 1. The first-order valence-corrected chi connectivity index (χ1v) is 6.88. The van der Waals surface area contributed by atoms with E-state index in [-0.39, 0.29) is 11.5 Å². The first-order valence-electron chi connectivity index (χ1n) is 6.88. The van der Waals surface area contributed by atoms with Crippen molar-refractivity contribution in [3.8, 4) is 0 Å². The lowest BCUT2D eigenvalue weighted by Crippen LogP contribution is -2.47. The second kappa shape index (κ2) is 6.39. The first kappa shape index (κ1) is 14.5. The van der Waals surface area contributed by atoms with Gasteiger partial charge in [-0.3, -0.25) is 9.69 Å². The monoisotopic (exact) mass is 241 g/mol. The van der Waals surface area contributed by atoms with Crippen molar-refractivity contribution in [1.29, 1.82) is 0 Å². The summed E-state index contributed by atoms with van der Waals surface area (Å²) in [6, 6.07) is 0. The lowest BCUT2D eigenvalue weighted by Gasteiger charge is -2.39. The molecule has 0 aromatic carbocycles. The summed E-state index contributed by atoms with van der Waals surface area (Å²) in [4.78, 5) is 14.2. The molecule has 3 heteroatoms. The molecule has 1 unspecified atom stereocenters. The molecule has 0 aliphatic carbocycles. The van der Waals surface area contributed by atoms with E-state index in [0.29, 0.717) is 18.9 Å². The first-order chi connectivity index (χ1) is 7.98. The molecule has 0 aromatic heterocycles. The quantitative estimate of drug-likeness (QED) is 0.670. The van der Waals surface area contributed by atoms with Gasteiger partial charge in [0, 0.05) is 5.54 Å². The summed E-state index contributed by atoms with van der Waals surface area (Å²) in [6.07, 6.45) is 4.11. The molecule has 0 amide bonds. The smallest absolute Gasteiger partial charge is 0.307 e. The van der Waals surface area contributed by atoms with Crippen LogP contribution in [0.1, 0.15) is 53.4 Å². The summed E-state index contributed by atoms with van der Waals surface area (Å²) < 4.78 is 5.11. The summed E-state index contributed by atoms with van der Waals surface area (Å²) >= 11 is 0. The van der Waals surface area contributed by atoms with Gasteiger partial charge < -0.3 is 4.74 Å². The van der Waals surface area contributed by atoms with Crippen LogP contribution in [0.15, 0.2) is 0 Å². The summed E-state index contributed by atoms with van der Waals surface area (Å²) in [5.41, 5.74) is -0.0169. The molecule has 1 heterocycles. The fourth-order valence-electron chi connectivity index (χ4n) is 2.97. The van der Waals surface area contributed by atoms with Crippen LogP contribution in [0.2, 0.25) is 0 Å². The van der Waals surface area contributed by atoms with E-state index in [0.717, 1.165) is 19.5 Å². The van der Waals surface area contributed by atoms with Gasteiger partial charge in [0.15, 0.2) is 0 Å². The highest BCUT2D eigenvalue weighted by Crippen LogP contribution is 2.31.